The van der Waals surface area contributed by atoms with Gasteiger partial charge in [0.25, 0.3) is 0 Å². The van der Waals surface area contributed by atoms with Gasteiger partial charge in [-0.15, -0.1) is 10.2 Å². The molecule has 0 spiro atoms. The largest absolute Gasteiger partial charge is 0.464 e. The fourth-order valence-corrected chi connectivity index (χ4v) is 2.04. The normalized spacial score (nSPS) is 17.5. The van der Waals surface area contributed by atoms with Crippen molar-refractivity contribution < 1.29 is 14.3 Å². The van der Waals surface area contributed by atoms with Crippen LogP contribution >= 0.6 is 0 Å². The van der Waals surface area contributed by atoms with Gasteiger partial charge in [0.1, 0.15) is 0 Å². The highest BCUT2D eigenvalue weighted by molar-refractivity contribution is 5.88. The van der Waals surface area contributed by atoms with Crippen molar-refractivity contribution in [1.82, 2.24) is 5.32 Å². The van der Waals surface area contributed by atoms with Crippen molar-refractivity contribution in [3.8, 4) is 0 Å². The molecule has 19 heavy (non-hydrogen) atoms. The third-order valence-corrected chi connectivity index (χ3v) is 2.57. The van der Waals surface area contributed by atoms with Gasteiger partial charge in [-0.3, -0.25) is 4.79 Å². The van der Waals surface area contributed by atoms with Crippen LogP contribution in [0.15, 0.2) is 20.7 Å². The van der Waals surface area contributed by atoms with E-state index in [0.29, 0.717) is 6.42 Å². The zero-order valence-electron chi connectivity index (χ0n) is 11.6. The topological polar surface area (TPSA) is 105 Å². The predicted octanol–water partition coefficient (Wildman–Crippen LogP) is 1.63. The van der Waals surface area contributed by atoms with Crippen LogP contribution in [0.4, 0.5) is 0 Å². The number of amides is 1. The van der Waals surface area contributed by atoms with Crippen LogP contribution in [0.5, 0.6) is 0 Å². The van der Waals surface area contributed by atoms with Crippen molar-refractivity contribution in [3.63, 3.8) is 0 Å². The molecule has 0 aromatic rings. The van der Waals surface area contributed by atoms with Gasteiger partial charge in [-0.1, -0.05) is 13.8 Å². The summed E-state index contributed by atoms with van der Waals surface area (Å²) in [4.78, 5) is 23.7. The third kappa shape index (κ3) is 3.55. The highest BCUT2D eigenvalue weighted by Crippen LogP contribution is 2.29. The Morgan fingerprint density at radius 2 is 1.89 bits per heavy atom. The molecule has 1 aliphatic rings. The number of nitrogens with one attached hydrogen (secondary N) is 1. The van der Waals surface area contributed by atoms with Crippen LogP contribution in [0.2, 0.25) is 0 Å². The Morgan fingerprint density at radius 3 is 2.32 bits per heavy atom. The number of esters is 1. The molecule has 1 unspecified atom stereocenters. The molecular weight excluding hydrogens is 250 g/mol. The molecular formula is C11H19N5O3. The van der Waals surface area contributed by atoms with E-state index in [1.807, 2.05) is 13.8 Å². The summed E-state index contributed by atoms with van der Waals surface area (Å²) >= 11 is 0. The summed E-state index contributed by atoms with van der Waals surface area (Å²) in [6.07, 6.45) is -0.536. The van der Waals surface area contributed by atoms with Crippen LogP contribution in [0.1, 0.15) is 34.1 Å². The van der Waals surface area contributed by atoms with Gasteiger partial charge in [0.2, 0.25) is 12.1 Å². The van der Waals surface area contributed by atoms with Crippen molar-refractivity contribution in [2.45, 2.75) is 45.8 Å². The Bertz CT molecular complexity index is 395. The van der Waals surface area contributed by atoms with E-state index in [1.54, 1.807) is 6.92 Å². The Morgan fingerprint density at radius 1 is 1.32 bits per heavy atom. The Balaban J connectivity index is 3.14. The summed E-state index contributed by atoms with van der Waals surface area (Å²) in [6.45, 7) is 7.10. The zero-order chi connectivity index (χ0) is 14.5. The fourth-order valence-electron chi connectivity index (χ4n) is 2.04. The molecule has 0 radical (unpaired) electrons. The summed E-state index contributed by atoms with van der Waals surface area (Å²) in [5.41, 5.74) is -1.35. The summed E-state index contributed by atoms with van der Waals surface area (Å²) < 4.78 is 5.06. The van der Waals surface area contributed by atoms with Crippen LogP contribution in [0.3, 0.4) is 0 Å². The number of hydrogen-bond acceptors (Lipinski definition) is 7. The molecule has 0 saturated heterocycles. The van der Waals surface area contributed by atoms with Crippen molar-refractivity contribution in [1.29, 1.82) is 0 Å². The summed E-state index contributed by atoms with van der Waals surface area (Å²) in [5.74, 6) is -0.794. The molecule has 0 aliphatic carbocycles. The van der Waals surface area contributed by atoms with Gasteiger partial charge in [0, 0.05) is 6.92 Å². The van der Waals surface area contributed by atoms with E-state index >= 15 is 0 Å². The Hall–Kier alpha value is -1.86. The predicted molar refractivity (Wildman–Crippen MR) is 66.1 cm³/mol. The number of hydrogen-bond donors (Lipinski definition) is 1. The molecule has 1 rings (SSSR count). The number of carbonyl (C=O) groups is 2. The van der Waals surface area contributed by atoms with E-state index in [1.165, 1.54) is 6.92 Å². The van der Waals surface area contributed by atoms with E-state index in [-0.39, 0.29) is 18.4 Å². The molecule has 0 fully saturated rings. The van der Waals surface area contributed by atoms with Crippen LogP contribution in [-0.4, -0.2) is 30.2 Å². The fraction of sp³-hybridized carbons (Fsp3) is 0.818. The second kappa shape index (κ2) is 6.35. The van der Waals surface area contributed by atoms with E-state index in [9.17, 15) is 9.59 Å². The number of rotatable bonds is 6. The van der Waals surface area contributed by atoms with Crippen molar-refractivity contribution in [3.05, 3.63) is 0 Å². The SMILES string of the molecule is CCOC(=O)C(CC(C)C)(NC(C)=O)C1N=NN=N1. The molecule has 0 aromatic heterocycles. The smallest absolute Gasteiger partial charge is 0.336 e. The Labute approximate surface area is 111 Å². The van der Waals surface area contributed by atoms with Crippen LogP contribution in [0, 0.1) is 5.92 Å². The van der Waals surface area contributed by atoms with Crippen LogP contribution < -0.4 is 5.32 Å². The van der Waals surface area contributed by atoms with Gasteiger partial charge in [-0.05, 0) is 29.7 Å². The quantitative estimate of drug-likeness (QED) is 0.740. The van der Waals surface area contributed by atoms with Gasteiger partial charge < -0.3 is 10.1 Å². The number of nitrogens with zero attached hydrogens (tertiary/aromatic N) is 4. The average molecular weight is 269 g/mol. The summed E-state index contributed by atoms with van der Waals surface area (Å²) in [5, 5.41) is 17.0. The van der Waals surface area contributed by atoms with Crippen molar-refractivity contribution in [2.24, 2.45) is 26.6 Å². The zero-order valence-corrected chi connectivity index (χ0v) is 11.6. The van der Waals surface area contributed by atoms with E-state index in [2.05, 4.69) is 26.0 Å². The van der Waals surface area contributed by atoms with Crippen LogP contribution in [-0.2, 0) is 14.3 Å². The van der Waals surface area contributed by atoms with Crippen molar-refractivity contribution in [2.75, 3.05) is 6.61 Å². The lowest BCUT2D eigenvalue weighted by atomic mass is 9.86. The maximum absolute atomic E-state index is 12.3. The first-order chi connectivity index (χ1) is 8.92. The highest BCUT2D eigenvalue weighted by atomic mass is 16.5. The first-order valence-corrected chi connectivity index (χ1v) is 6.18. The molecule has 1 N–H and O–H groups in total. The molecule has 8 nitrogen and oxygen atoms in total. The number of carbonyl (C=O) groups excluding carboxylic acids is 2. The summed E-state index contributed by atoms with van der Waals surface area (Å²) in [7, 11) is 0. The summed E-state index contributed by atoms with van der Waals surface area (Å²) in [6, 6.07) is 0. The molecule has 106 valence electrons. The second-order valence-corrected chi connectivity index (χ2v) is 4.75. The van der Waals surface area contributed by atoms with Gasteiger partial charge in [-0.2, -0.15) is 0 Å². The minimum Gasteiger partial charge on any atom is -0.464 e. The van der Waals surface area contributed by atoms with Gasteiger partial charge in [-0.25, -0.2) is 4.79 Å². The number of ether oxygens (including phenoxy) is 1. The second-order valence-electron chi connectivity index (χ2n) is 4.75. The molecule has 1 aliphatic heterocycles. The van der Waals surface area contributed by atoms with Crippen LogP contribution in [0.25, 0.3) is 0 Å². The average Bonchev–Trinajstić information content (AvgIpc) is 2.80. The van der Waals surface area contributed by atoms with Gasteiger partial charge in [0.15, 0.2) is 5.54 Å². The molecule has 1 atom stereocenters. The first-order valence-electron chi connectivity index (χ1n) is 6.18. The third-order valence-electron chi connectivity index (χ3n) is 2.57. The lowest BCUT2D eigenvalue weighted by Gasteiger charge is -2.33. The van der Waals surface area contributed by atoms with E-state index in [4.69, 9.17) is 4.74 Å². The standard InChI is InChI=1S/C11H19N5O3/c1-5-19-10(18)11(6-7(2)3,12-8(4)17)9-13-15-16-14-9/h7,9H,5-6H2,1-4H3,(H,12,17). The molecule has 8 heteroatoms. The lowest BCUT2D eigenvalue weighted by molar-refractivity contribution is -0.155. The monoisotopic (exact) mass is 269 g/mol. The minimum absolute atomic E-state index is 0.127. The maximum Gasteiger partial charge on any atom is 0.336 e. The molecule has 0 bridgehead atoms. The van der Waals surface area contributed by atoms with Gasteiger partial charge in [0.05, 0.1) is 6.61 Å². The van der Waals surface area contributed by atoms with Crippen molar-refractivity contribution >= 4 is 11.9 Å². The molecule has 0 saturated carbocycles. The molecule has 1 heterocycles. The van der Waals surface area contributed by atoms with Gasteiger partial charge >= 0.3 is 5.97 Å². The van der Waals surface area contributed by atoms with E-state index < -0.39 is 17.7 Å². The molecule has 1 amide bonds. The maximum atomic E-state index is 12.3. The lowest BCUT2D eigenvalue weighted by Crippen LogP contribution is -2.61. The highest BCUT2D eigenvalue weighted by Gasteiger charge is 2.50. The molecule has 0 aromatic carbocycles. The first kappa shape index (κ1) is 15.2. The van der Waals surface area contributed by atoms with E-state index in [0.717, 1.165) is 0 Å². The minimum atomic E-state index is -1.35. The Kier molecular flexibility index (Phi) is 5.08.